The number of carboxylic acids is 1. The maximum absolute atomic E-state index is 12.3. The number of benzene rings is 1. The van der Waals surface area contributed by atoms with Crippen LogP contribution in [0.15, 0.2) is 24.3 Å². The number of phenolic OH excluding ortho intramolecular Hbond substituents is 1. The van der Waals surface area contributed by atoms with Gasteiger partial charge in [0.25, 0.3) is 0 Å². The van der Waals surface area contributed by atoms with Gasteiger partial charge in [0.15, 0.2) is 0 Å². The number of carbonyl (C=O) groups is 2. The van der Waals surface area contributed by atoms with Gasteiger partial charge in [0.05, 0.1) is 24.0 Å². The molecule has 1 amide bonds. The van der Waals surface area contributed by atoms with Gasteiger partial charge in [-0.1, -0.05) is 6.07 Å². The van der Waals surface area contributed by atoms with Gasteiger partial charge in [-0.3, -0.25) is 9.59 Å². The van der Waals surface area contributed by atoms with Gasteiger partial charge in [-0.25, -0.2) is 0 Å². The van der Waals surface area contributed by atoms with Crippen LogP contribution >= 0.6 is 0 Å². The Morgan fingerprint density at radius 2 is 1.90 bits per heavy atom. The summed E-state index contributed by atoms with van der Waals surface area (Å²) in [5.41, 5.74) is 0.446. The SMILES string of the molecule is O=C(O)[C@@H]1[C@H](C(=O)Nc2cccc(O)c2)[C@H]2CC[C@H]1O2. The van der Waals surface area contributed by atoms with Crippen molar-refractivity contribution in [2.45, 2.75) is 25.0 Å². The third-order valence-corrected chi connectivity index (χ3v) is 3.97. The first-order chi connectivity index (χ1) is 9.56. The number of aliphatic carboxylic acids is 1. The Labute approximate surface area is 115 Å². The van der Waals surface area contributed by atoms with E-state index in [0.29, 0.717) is 18.5 Å². The average molecular weight is 277 g/mol. The van der Waals surface area contributed by atoms with Gasteiger partial charge in [-0.2, -0.15) is 0 Å². The second-order valence-electron chi connectivity index (χ2n) is 5.22. The second kappa shape index (κ2) is 4.79. The lowest BCUT2D eigenvalue weighted by Crippen LogP contribution is -2.40. The van der Waals surface area contributed by atoms with Crippen molar-refractivity contribution in [2.75, 3.05) is 5.32 Å². The third-order valence-electron chi connectivity index (χ3n) is 3.97. The first-order valence-electron chi connectivity index (χ1n) is 6.54. The fourth-order valence-corrected chi connectivity index (χ4v) is 3.13. The molecule has 0 spiro atoms. The van der Waals surface area contributed by atoms with Gasteiger partial charge in [-0.05, 0) is 25.0 Å². The fourth-order valence-electron chi connectivity index (χ4n) is 3.13. The summed E-state index contributed by atoms with van der Waals surface area (Å²) in [6.45, 7) is 0. The number of nitrogens with one attached hydrogen (secondary N) is 1. The largest absolute Gasteiger partial charge is 0.508 e. The Morgan fingerprint density at radius 1 is 1.20 bits per heavy atom. The highest BCUT2D eigenvalue weighted by molar-refractivity contribution is 5.96. The Kier molecular flexibility index (Phi) is 3.10. The summed E-state index contributed by atoms with van der Waals surface area (Å²) in [6, 6.07) is 6.16. The summed E-state index contributed by atoms with van der Waals surface area (Å²) in [5.74, 6) is -2.77. The van der Waals surface area contributed by atoms with Gasteiger partial charge in [-0.15, -0.1) is 0 Å². The molecule has 2 aliphatic rings. The highest BCUT2D eigenvalue weighted by atomic mass is 16.5. The number of hydrogen-bond donors (Lipinski definition) is 3. The zero-order chi connectivity index (χ0) is 14.3. The van der Waals surface area contributed by atoms with Crippen LogP contribution in [-0.2, 0) is 14.3 Å². The van der Waals surface area contributed by atoms with Crippen LogP contribution in [0.5, 0.6) is 5.75 Å². The number of phenols is 1. The molecule has 2 heterocycles. The number of rotatable bonds is 3. The number of ether oxygens (including phenoxy) is 1. The molecule has 0 unspecified atom stereocenters. The van der Waals surface area contributed by atoms with E-state index < -0.39 is 17.8 Å². The van der Waals surface area contributed by atoms with E-state index in [2.05, 4.69) is 5.32 Å². The van der Waals surface area contributed by atoms with Crippen molar-refractivity contribution in [1.29, 1.82) is 0 Å². The van der Waals surface area contributed by atoms with Crippen LogP contribution in [0, 0.1) is 11.8 Å². The van der Waals surface area contributed by atoms with E-state index >= 15 is 0 Å². The molecule has 2 fully saturated rings. The number of anilines is 1. The van der Waals surface area contributed by atoms with Gasteiger partial charge in [0.1, 0.15) is 5.75 Å². The normalized spacial score (nSPS) is 31.2. The molecule has 2 bridgehead atoms. The Morgan fingerprint density at radius 3 is 2.55 bits per heavy atom. The van der Waals surface area contributed by atoms with Crippen LogP contribution in [0.25, 0.3) is 0 Å². The van der Waals surface area contributed by atoms with E-state index in [1.165, 1.54) is 12.1 Å². The molecule has 0 aliphatic carbocycles. The lowest BCUT2D eigenvalue weighted by Gasteiger charge is -2.23. The van der Waals surface area contributed by atoms with Crippen LogP contribution in [0.2, 0.25) is 0 Å². The molecule has 0 saturated carbocycles. The molecule has 3 rings (SSSR count). The van der Waals surface area contributed by atoms with E-state index in [1.54, 1.807) is 12.1 Å². The maximum atomic E-state index is 12.3. The van der Waals surface area contributed by atoms with Crippen LogP contribution in [0.1, 0.15) is 12.8 Å². The lowest BCUT2D eigenvalue weighted by atomic mass is 9.78. The quantitative estimate of drug-likeness (QED) is 0.771. The first kappa shape index (κ1) is 12.9. The van der Waals surface area contributed by atoms with Crippen molar-refractivity contribution in [3.8, 4) is 5.75 Å². The molecule has 6 nitrogen and oxygen atoms in total. The molecule has 1 aromatic carbocycles. The maximum Gasteiger partial charge on any atom is 0.310 e. The molecule has 0 radical (unpaired) electrons. The van der Waals surface area contributed by atoms with Crippen molar-refractivity contribution in [1.82, 2.24) is 0 Å². The van der Waals surface area contributed by atoms with E-state index in [-0.39, 0.29) is 23.9 Å². The zero-order valence-electron chi connectivity index (χ0n) is 10.7. The highest BCUT2D eigenvalue weighted by Crippen LogP contribution is 2.44. The van der Waals surface area contributed by atoms with E-state index in [9.17, 15) is 19.8 Å². The monoisotopic (exact) mass is 277 g/mol. The molecule has 2 aliphatic heterocycles. The van der Waals surface area contributed by atoms with E-state index in [1.807, 2.05) is 0 Å². The van der Waals surface area contributed by atoms with Gasteiger partial charge >= 0.3 is 5.97 Å². The molecular weight excluding hydrogens is 262 g/mol. The predicted molar refractivity (Wildman–Crippen MR) is 69.2 cm³/mol. The Balaban J connectivity index is 1.78. The molecule has 20 heavy (non-hydrogen) atoms. The number of carboxylic acid groups (broad SMARTS) is 1. The van der Waals surface area contributed by atoms with E-state index in [4.69, 9.17) is 4.74 Å². The second-order valence-corrected chi connectivity index (χ2v) is 5.22. The minimum Gasteiger partial charge on any atom is -0.508 e. The standard InChI is InChI=1S/C14H15NO5/c16-8-3-1-2-7(6-8)15-13(17)11-9-4-5-10(20-9)12(11)14(18)19/h1-3,6,9-12,16H,4-5H2,(H,15,17)(H,18,19)/t9-,10-,11-,12+/m1/s1. The summed E-state index contributed by atoms with van der Waals surface area (Å²) in [7, 11) is 0. The minimum atomic E-state index is -0.992. The minimum absolute atomic E-state index is 0.0433. The molecule has 2 saturated heterocycles. The summed E-state index contributed by atoms with van der Waals surface area (Å²) in [4.78, 5) is 23.6. The fraction of sp³-hybridized carbons (Fsp3) is 0.429. The highest BCUT2D eigenvalue weighted by Gasteiger charge is 2.55. The molecular formula is C14H15NO5. The summed E-state index contributed by atoms with van der Waals surface area (Å²) in [6.07, 6.45) is 0.722. The molecule has 6 heteroatoms. The number of fused-ring (bicyclic) bond motifs is 2. The van der Waals surface area contributed by atoms with E-state index in [0.717, 1.165) is 0 Å². The van der Waals surface area contributed by atoms with Crippen LogP contribution < -0.4 is 5.32 Å². The van der Waals surface area contributed by atoms with Crippen LogP contribution in [-0.4, -0.2) is 34.3 Å². The van der Waals surface area contributed by atoms with Gasteiger partial charge in [0, 0.05) is 11.8 Å². The third kappa shape index (κ3) is 2.12. The van der Waals surface area contributed by atoms with Crippen molar-refractivity contribution in [3.05, 3.63) is 24.3 Å². The molecule has 1 aromatic rings. The predicted octanol–water partition coefficient (Wildman–Crippen LogP) is 1.21. The number of carbonyl (C=O) groups excluding carboxylic acids is 1. The van der Waals surface area contributed by atoms with Crippen LogP contribution in [0.4, 0.5) is 5.69 Å². The number of amides is 1. The average Bonchev–Trinajstić information content (AvgIpc) is 2.98. The molecule has 0 aromatic heterocycles. The van der Waals surface area contributed by atoms with Crippen LogP contribution in [0.3, 0.4) is 0 Å². The number of aromatic hydroxyl groups is 1. The van der Waals surface area contributed by atoms with Crippen molar-refractivity contribution in [3.63, 3.8) is 0 Å². The zero-order valence-corrected chi connectivity index (χ0v) is 10.7. The smallest absolute Gasteiger partial charge is 0.310 e. The number of hydrogen-bond acceptors (Lipinski definition) is 4. The van der Waals surface area contributed by atoms with Gasteiger partial charge < -0.3 is 20.3 Å². The van der Waals surface area contributed by atoms with Crippen molar-refractivity contribution < 1.29 is 24.5 Å². The molecule has 106 valence electrons. The molecule has 3 N–H and O–H groups in total. The van der Waals surface area contributed by atoms with Gasteiger partial charge in [0.2, 0.25) is 5.91 Å². The Bertz CT molecular complexity index is 558. The lowest BCUT2D eigenvalue weighted by molar-refractivity contribution is -0.147. The summed E-state index contributed by atoms with van der Waals surface area (Å²) in [5, 5.41) is 21.3. The Hall–Kier alpha value is -2.08. The van der Waals surface area contributed by atoms with Crippen molar-refractivity contribution in [2.24, 2.45) is 11.8 Å². The topological polar surface area (TPSA) is 95.9 Å². The van der Waals surface area contributed by atoms with Crippen molar-refractivity contribution >= 4 is 17.6 Å². The first-order valence-corrected chi connectivity index (χ1v) is 6.54. The summed E-state index contributed by atoms with van der Waals surface area (Å²) < 4.78 is 5.55. The molecule has 4 atom stereocenters. The summed E-state index contributed by atoms with van der Waals surface area (Å²) >= 11 is 0.